The Hall–Kier alpha value is -0.930. The Bertz CT molecular complexity index is 385. The van der Waals surface area contributed by atoms with Gasteiger partial charge in [0.05, 0.1) is 0 Å². The second-order valence-electron chi connectivity index (χ2n) is 6.65. The van der Waals surface area contributed by atoms with Crippen molar-refractivity contribution >= 4 is 0 Å². The number of benzene rings is 1. The van der Waals surface area contributed by atoms with Crippen LogP contribution in [0.3, 0.4) is 0 Å². The van der Waals surface area contributed by atoms with Crippen molar-refractivity contribution in [1.82, 2.24) is 4.90 Å². The molecular weight excluding hydrogens is 239 g/mol. The molecule has 1 atom stereocenters. The Morgan fingerprint density at radius 2 is 1.89 bits per heavy atom. The first-order chi connectivity index (χ1) is 8.81. The normalized spacial score (nSPS) is 13.8. The summed E-state index contributed by atoms with van der Waals surface area (Å²) in [6.45, 7) is 8.90. The summed E-state index contributed by atoms with van der Waals surface area (Å²) in [6, 6.07) is 6.95. The molecule has 0 bridgehead atoms. The van der Waals surface area contributed by atoms with Crippen molar-refractivity contribution in [2.24, 2.45) is 17.1 Å². The molecule has 1 unspecified atom stereocenters. The van der Waals surface area contributed by atoms with Crippen LogP contribution >= 0.6 is 0 Å². The third-order valence-corrected chi connectivity index (χ3v) is 3.20. The van der Waals surface area contributed by atoms with Gasteiger partial charge in [0.15, 0.2) is 0 Å². The number of rotatable bonds is 6. The Balaban J connectivity index is 2.54. The van der Waals surface area contributed by atoms with E-state index in [0.29, 0.717) is 19.0 Å². The first kappa shape index (κ1) is 16.1. The molecule has 0 saturated carbocycles. The van der Waals surface area contributed by atoms with E-state index in [2.05, 4.69) is 25.7 Å². The highest BCUT2D eigenvalue weighted by Crippen LogP contribution is 2.24. The fourth-order valence-electron chi connectivity index (χ4n) is 2.51. The summed E-state index contributed by atoms with van der Waals surface area (Å²) in [4.78, 5) is 2.15. The van der Waals surface area contributed by atoms with Crippen molar-refractivity contribution in [2.45, 2.75) is 33.7 Å². The number of hydrogen-bond acceptors (Lipinski definition) is 2. The van der Waals surface area contributed by atoms with Gasteiger partial charge < -0.3 is 10.6 Å². The maximum atomic E-state index is 13.6. The van der Waals surface area contributed by atoms with Gasteiger partial charge in [-0.05, 0) is 37.4 Å². The number of nitrogens with zero attached hydrogens (tertiary/aromatic N) is 1. The third kappa shape index (κ3) is 6.17. The molecule has 0 heterocycles. The molecule has 19 heavy (non-hydrogen) atoms. The molecule has 2 nitrogen and oxygen atoms in total. The Labute approximate surface area is 116 Å². The van der Waals surface area contributed by atoms with Crippen LogP contribution in [0.25, 0.3) is 0 Å². The van der Waals surface area contributed by atoms with Crippen LogP contribution in [0.15, 0.2) is 24.3 Å². The van der Waals surface area contributed by atoms with Crippen LogP contribution in [0.1, 0.15) is 32.8 Å². The highest BCUT2D eigenvalue weighted by Gasteiger charge is 2.19. The van der Waals surface area contributed by atoms with Crippen molar-refractivity contribution < 1.29 is 4.39 Å². The highest BCUT2D eigenvalue weighted by molar-refractivity contribution is 5.16. The average molecular weight is 266 g/mol. The highest BCUT2D eigenvalue weighted by atomic mass is 19.1. The lowest BCUT2D eigenvalue weighted by molar-refractivity contribution is 0.215. The van der Waals surface area contributed by atoms with Gasteiger partial charge in [0.1, 0.15) is 5.82 Å². The zero-order valence-corrected chi connectivity index (χ0v) is 12.6. The predicted molar refractivity (Wildman–Crippen MR) is 79.4 cm³/mol. The zero-order valence-electron chi connectivity index (χ0n) is 12.6. The number of halogens is 1. The van der Waals surface area contributed by atoms with E-state index in [1.54, 1.807) is 6.07 Å². The topological polar surface area (TPSA) is 29.3 Å². The van der Waals surface area contributed by atoms with Crippen LogP contribution in [0.4, 0.5) is 4.39 Å². The molecule has 2 N–H and O–H groups in total. The fourth-order valence-corrected chi connectivity index (χ4v) is 2.51. The smallest absolute Gasteiger partial charge is 0.127 e. The molecule has 0 spiro atoms. The molecule has 0 amide bonds. The molecule has 1 aromatic rings. The zero-order chi connectivity index (χ0) is 14.5. The molecule has 0 fully saturated rings. The van der Waals surface area contributed by atoms with Crippen LogP contribution in [0.5, 0.6) is 0 Å². The lowest BCUT2D eigenvalue weighted by atomic mass is 9.84. The Morgan fingerprint density at radius 1 is 1.26 bits per heavy atom. The number of hydrogen-bond donors (Lipinski definition) is 1. The minimum Gasteiger partial charge on any atom is -0.330 e. The van der Waals surface area contributed by atoms with Gasteiger partial charge in [-0.25, -0.2) is 4.39 Å². The summed E-state index contributed by atoms with van der Waals surface area (Å²) in [5.41, 5.74) is 6.88. The maximum Gasteiger partial charge on any atom is 0.127 e. The second-order valence-corrected chi connectivity index (χ2v) is 6.65. The summed E-state index contributed by atoms with van der Waals surface area (Å²) in [5, 5.41) is 0. The van der Waals surface area contributed by atoms with Crippen molar-refractivity contribution in [2.75, 3.05) is 20.1 Å². The summed E-state index contributed by atoms with van der Waals surface area (Å²) < 4.78 is 13.6. The van der Waals surface area contributed by atoms with E-state index < -0.39 is 0 Å². The van der Waals surface area contributed by atoms with Crippen molar-refractivity contribution in [3.05, 3.63) is 35.6 Å². The molecular formula is C16H27FN2. The van der Waals surface area contributed by atoms with Crippen LogP contribution < -0.4 is 5.73 Å². The van der Waals surface area contributed by atoms with Gasteiger partial charge in [-0.2, -0.15) is 0 Å². The van der Waals surface area contributed by atoms with E-state index in [-0.39, 0.29) is 11.2 Å². The van der Waals surface area contributed by atoms with Crippen molar-refractivity contribution in [1.29, 1.82) is 0 Å². The van der Waals surface area contributed by atoms with Crippen molar-refractivity contribution in [3.8, 4) is 0 Å². The first-order valence-electron chi connectivity index (χ1n) is 6.94. The summed E-state index contributed by atoms with van der Waals surface area (Å²) in [5.74, 6) is 0.325. The van der Waals surface area contributed by atoms with Crippen LogP contribution in [-0.2, 0) is 6.54 Å². The molecule has 1 rings (SSSR count). The van der Waals surface area contributed by atoms with E-state index in [0.717, 1.165) is 18.5 Å². The predicted octanol–water partition coefficient (Wildman–Crippen LogP) is 3.27. The lowest BCUT2D eigenvalue weighted by Gasteiger charge is -2.28. The van der Waals surface area contributed by atoms with E-state index >= 15 is 0 Å². The second kappa shape index (κ2) is 7.01. The largest absolute Gasteiger partial charge is 0.330 e. The lowest BCUT2D eigenvalue weighted by Crippen LogP contribution is -2.32. The molecule has 0 aliphatic rings. The summed E-state index contributed by atoms with van der Waals surface area (Å²) in [7, 11) is 2.03. The minimum absolute atomic E-state index is 0.130. The quantitative estimate of drug-likeness (QED) is 0.856. The number of nitrogens with two attached hydrogens (primary N) is 1. The maximum absolute atomic E-state index is 13.6. The van der Waals surface area contributed by atoms with Gasteiger partial charge in [0.2, 0.25) is 0 Å². The standard InChI is InChI=1S/C16H27FN2/c1-16(2,3)9-13(10-18)11-19(4)12-14-7-5-6-8-15(14)17/h5-8,13H,9-12,18H2,1-4H3. The third-order valence-electron chi connectivity index (χ3n) is 3.20. The average Bonchev–Trinajstić information content (AvgIpc) is 2.29. The molecule has 1 aromatic carbocycles. The van der Waals surface area contributed by atoms with Gasteiger partial charge in [-0.1, -0.05) is 39.0 Å². The van der Waals surface area contributed by atoms with Gasteiger partial charge in [0.25, 0.3) is 0 Å². The van der Waals surface area contributed by atoms with E-state index in [9.17, 15) is 4.39 Å². The van der Waals surface area contributed by atoms with E-state index in [1.165, 1.54) is 6.07 Å². The van der Waals surface area contributed by atoms with Gasteiger partial charge in [0, 0.05) is 18.7 Å². The van der Waals surface area contributed by atoms with Crippen LogP contribution in [0.2, 0.25) is 0 Å². The fraction of sp³-hybridized carbons (Fsp3) is 0.625. The molecule has 0 aromatic heterocycles. The summed E-state index contributed by atoms with van der Waals surface area (Å²) >= 11 is 0. The molecule has 3 heteroatoms. The van der Waals surface area contributed by atoms with Gasteiger partial charge in [-0.15, -0.1) is 0 Å². The van der Waals surface area contributed by atoms with E-state index in [1.807, 2.05) is 19.2 Å². The Kier molecular flexibility index (Phi) is 5.95. The molecule has 0 aliphatic heterocycles. The summed E-state index contributed by atoms with van der Waals surface area (Å²) in [6.07, 6.45) is 1.09. The molecule has 0 aliphatic carbocycles. The van der Waals surface area contributed by atoms with Crippen LogP contribution in [0, 0.1) is 17.2 Å². The SMILES string of the molecule is CN(Cc1ccccc1F)CC(CN)CC(C)(C)C. The van der Waals surface area contributed by atoms with Crippen LogP contribution in [-0.4, -0.2) is 25.0 Å². The monoisotopic (exact) mass is 266 g/mol. The molecule has 0 radical (unpaired) electrons. The van der Waals surface area contributed by atoms with Gasteiger partial charge in [-0.3, -0.25) is 0 Å². The Morgan fingerprint density at radius 3 is 2.42 bits per heavy atom. The minimum atomic E-state index is -0.130. The van der Waals surface area contributed by atoms with Crippen molar-refractivity contribution in [3.63, 3.8) is 0 Å². The first-order valence-corrected chi connectivity index (χ1v) is 6.94. The molecule has 0 saturated heterocycles. The van der Waals surface area contributed by atoms with E-state index in [4.69, 9.17) is 5.73 Å². The molecule has 108 valence electrons. The van der Waals surface area contributed by atoms with Gasteiger partial charge >= 0.3 is 0 Å².